The van der Waals surface area contributed by atoms with Crippen molar-refractivity contribution in [3.63, 3.8) is 0 Å². The molecule has 0 saturated heterocycles. The Bertz CT molecular complexity index is 949. The molecule has 2 unspecified atom stereocenters. The lowest BCUT2D eigenvalue weighted by atomic mass is 9.92. The minimum Gasteiger partial charge on any atom is -0.399 e. The molecule has 2 amide bonds. The van der Waals surface area contributed by atoms with Crippen molar-refractivity contribution in [1.29, 1.82) is 0 Å². The van der Waals surface area contributed by atoms with E-state index in [1.165, 1.54) is 17.6 Å². The van der Waals surface area contributed by atoms with Gasteiger partial charge in [-0.3, -0.25) is 14.8 Å². The van der Waals surface area contributed by atoms with E-state index < -0.39 is 29.8 Å². The minimum absolute atomic E-state index is 0.101. The predicted octanol–water partition coefficient (Wildman–Crippen LogP) is 2.06. The van der Waals surface area contributed by atoms with Gasteiger partial charge in [0.05, 0.1) is 0 Å². The first kappa shape index (κ1) is 25.3. The molecule has 2 aromatic rings. The van der Waals surface area contributed by atoms with Gasteiger partial charge in [-0.25, -0.2) is 14.3 Å². The van der Waals surface area contributed by atoms with Crippen LogP contribution in [-0.4, -0.2) is 35.0 Å². The number of halogens is 2. The lowest BCUT2D eigenvalue weighted by molar-refractivity contribution is -0.134. The van der Waals surface area contributed by atoms with E-state index in [1.54, 1.807) is 36.4 Å². The fraction of sp³-hybridized carbons (Fsp3) is 0.182. The molecule has 0 heterocycles. The zero-order valence-corrected chi connectivity index (χ0v) is 16.9. The molecule has 31 heavy (non-hydrogen) atoms. The largest absolute Gasteiger partial charge is 0.399 e. The Morgan fingerprint density at radius 1 is 1.03 bits per heavy atom. The molecular formula is C22H24F2N4O3. The highest BCUT2D eigenvalue weighted by Gasteiger charge is 2.44. The molecule has 0 aliphatic carbocycles. The van der Waals surface area contributed by atoms with Crippen molar-refractivity contribution in [2.75, 3.05) is 5.73 Å². The number of hydroxylamine groups is 1. The maximum absolute atomic E-state index is 13.2. The number of alkyl halides is 2. The fourth-order valence-electron chi connectivity index (χ4n) is 2.32. The predicted molar refractivity (Wildman–Crippen MR) is 114 cm³/mol. The lowest BCUT2D eigenvalue weighted by Crippen LogP contribution is -2.66. The van der Waals surface area contributed by atoms with Gasteiger partial charge in [0.2, 0.25) is 0 Å². The summed E-state index contributed by atoms with van der Waals surface area (Å²) in [5.41, 5.74) is 12.0. The van der Waals surface area contributed by atoms with E-state index in [-0.39, 0.29) is 5.56 Å². The SMILES string of the molecule is C=C.CC(N)(C(F)F)C(NC(=O)c1ccc(C#Cc2ccc(N)cc2)cc1)C(=O)NO. The highest BCUT2D eigenvalue weighted by Crippen LogP contribution is 2.18. The number of hydrogen-bond acceptors (Lipinski definition) is 5. The number of nitrogens with two attached hydrogens (primary N) is 2. The van der Waals surface area contributed by atoms with Gasteiger partial charge in [-0.05, 0) is 55.5 Å². The number of amides is 2. The first-order valence-electron chi connectivity index (χ1n) is 8.94. The van der Waals surface area contributed by atoms with Crippen molar-refractivity contribution < 1.29 is 23.6 Å². The molecule has 9 heteroatoms. The second-order valence-corrected chi connectivity index (χ2v) is 6.50. The summed E-state index contributed by atoms with van der Waals surface area (Å²) in [6, 6.07) is 11.1. The van der Waals surface area contributed by atoms with Gasteiger partial charge in [-0.2, -0.15) is 0 Å². The van der Waals surface area contributed by atoms with Crippen LogP contribution in [0.15, 0.2) is 61.7 Å². The van der Waals surface area contributed by atoms with Gasteiger partial charge < -0.3 is 16.8 Å². The van der Waals surface area contributed by atoms with Gasteiger partial charge in [0, 0.05) is 22.4 Å². The third kappa shape index (κ3) is 6.92. The summed E-state index contributed by atoms with van der Waals surface area (Å²) in [7, 11) is 0. The maximum atomic E-state index is 13.2. The molecule has 0 fully saturated rings. The first-order valence-corrected chi connectivity index (χ1v) is 8.94. The number of rotatable bonds is 5. The second kappa shape index (κ2) is 11.4. The first-order chi connectivity index (χ1) is 14.6. The molecule has 0 saturated carbocycles. The third-order valence-corrected chi connectivity index (χ3v) is 4.15. The van der Waals surface area contributed by atoms with Gasteiger partial charge >= 0.3 is 0 Å². The standard InChI is InChI=1S/C20H20F2N4O3.C2H4/c1-20(24,19(21)22)16(18(28)26-29)25-17(27)14-8-4-12(5-9-14)2-3-13-6-10-15(23)11-7-13;1-2/h4-11,16,19,29H,23-24H2,1H3,(H,25,27)(H,26,28);1-2H2. The van der Waals surface area contributed by atoms with Crippen LogP contribution in [0.3, 0.4) is 0 Å². The number of nitrogen functional groups attached to an aromatic ring is 1. The van der Waals surface area contributed by atoms with Crippen LogP contribution < -0.4 is 22.3 Å². The van der Waals surface area contributed by atoms with Crippen molar-refractivity contribution >= 4 is 17.5 Å². The molecule has 0 aliphatic heterocycles. The van der Waals surface area contributed by atoms with Gasteiger partial charge in [0.25, 0.3) is 18.2 Å². The van der Waals surface area contributed by atoms with Gasteiger partial charge in [0.1, 0.15) is 11.6 Å². The molecule has 0 aliphatic rings. The van der Waals surface area contributed by atoms with E-state index in [1.807, 2.05) is 0 Å². The van der Waals surface area contributed by atoms with Crippen molar-refractivity contribution in [3.8, 4) is 11.8 Å². The Morgan fingerprint density at radius 2 is 1.48 bits per heavy atom. The van der Waals surface area contributed by atoms with E-state index >= 15 is 0 Å². The molecule has 2 aromatic carbocycles. The van der Waals surface area contributed by atoms with Crippen LogP contribution in [-0.2, 0) is 4.79 Å². The van der Waals surface area contributed by atoms with Crippen LogP contribution in [0.1, 0.15) is 28.4 Å². The van der Waals surface area contributed by atoms with Crippen LogP contribution in [0.2, 0.25) is 0 Å². The van der Waals surface area contributed by atoms with Crippen molar-refractivity contribution in [2.45, 2.75) is 24.9 Å². The summed E-state index contributed by atoms with van der Waals surface area (Å²) in [5, 5.41) is 10.9. The van der Waals surface area contributed by atoms with E-state index in [0.717, 1.165) is 12.5 Å². The van der Waals surface area contributed by atoms with E-state index in [9.17, 15) is 18.4 Å². The Labute approximate surface area is 179 Å². The Kier molecular flexibility index (Phi) is 9.34. The van der Waals surface area contributed by atoms with Crippen molar-refractivity contribution in [2.24, 2.45) is 5.73 Å². The topological polar surface area (TPSA) is 130 Å². The Morgan fingerprint density at radius 3 is 1.90 bits per heavy atom. The monoisotopic (exact) mass is 430 g/mol. The van der Waals surface area contributed by atoms with Crippen LogP contribution in [0, 0.1) is 11.8 Å². The molecule has 0 radical (unpaired) electrons. The normalized spacial score (nSPS) is 12.8. The lowest BCUT2D eigenvalue weighted by Gasteiger charge is -2.32. The average Bonchev–Trinajstić information content (AvgIpc) is 2.77. The molecule has 0 spiro atoms. The smallest absolute Gasteiger partial charge is 0.268 e. The average molecular weight is 430 g/mol. The molecule has 7 nitrogen and oxygen atoms in total. The van der Waals surface area contributed by atoms with Gasteiger partial charge in [-0.15, -0.1) is 13.2 Å². The molecule has 2 atom stereocenters. The molecular weight excluding hydrogens is 406 g/mol. The van der Waals surface area contributed by atoms with Crippen molar-refractivity contribution in [3.05, 3.63) is 78.4 Å². The zero-order chi connectivity index (χ0) is 23.6. The quantitative estimate of drug-likeness (QED) is 0.163. The highest BCUT2D eigenvalue weighted by molar-refractivity contribution is 5.98. The number of nitrogens with one attached hydrogen (secondary N) is 2. The number of benzene rings is 2. The summed E-state index contributed by atoms with van der Waals surface area (Å²) >= 11 is 0. The molecule has 164 valence electrons. The maximum Gasteiger partial charge on any atom is 0.268 e. The second-order valence-electron chi connectivity index (χ2n) is 6.50. The third-order valence-electron chi connectivity index (χ3n) is 4.15. The fourth-order valence-corrected chi connectivity index (χ4v) is 2.32. The molecule has 0 aromatic heterocycles. The molecule has 0 bridgehead atoms. The summed E-state index contributed by atoms with van der Waals surface area (Å²) in [4.78, 5) is 24.1. The van der Waals surface area contributed by atoms with Crippen LogP contribution in [0.25, 0.3) is 0 Å². The number of anilines is 1. The number of carbonyl (C=O) groups is 2. The van der Waals surface area contributed by atoms with Crippen LogP contribution in [0.4, 0.5) is 14.5 Å². The van der Waals surface area contributed by atoms with Crippen molar-refractivity contribution in [1.82, 2.24) is 10.8 Å². The zero-order valence-electron chi connectivity index (χ0n) is 16.9. The van der Waals surface area contributed by atoms with Crippen LogP contribution in [0.5, 0.6) is 0 Å². The van der Waals surface area contributed by atoms with E-state index in [2.05, 4.69) is 30.3 Å². The Hall–Kier alpha value is -3.74. The molecule has 7 N–H and O–H groups in total. The summed E-state index contributed by atoms with van der Waals surface area (Å²) < 4.78 is 26.3. The van der Waals surface area contributed by atoms with E-state index in [4.69, 9.17) is 16.7 Å². The molecule has 2 rings (SSSR count). The summed E-state index contributed by atoms with van der Waals surface area (Å²) in [5.74, 6) is 3.79. The highest BCUT2D eigenvalue weighted by atomic mass is 19.3. The van der Waals surface area contributed by atoms with E-state index in [0.29, 0.717) is 11.3 Å². The minimum atomic E-state index is -3.13. The van der Waals surface area contributed by atoms with Gasteiger partial charge in [-0.1, -0.05) is 11.8 Å². The summed E-state index contributed by atoms with van der Waals surface area (Å²) in [6.07, 6.45) is -3.13. The number of carbonyl (C=O) groups excluding carboxylic acids is 2. The van der Waals surface area contributed by atoms with Gasteiger partial charge in [0.15, 0.2) is 0 Å². The van der Waals surface area contributed by atoms with Crippen LogP contribution >= 0.6 is 0 Å². The summed E-state index contributed by atoms with van der Waals surface area (Å²) in [6.45, 7) is 6.90. The number of hydrogen-bond donors (Lipinski definition) is 5. The Balaban J connectivity index is 0.00000233.